The lowest BCUT2D eigenvalue weighted by molar-refractivity contribution is 0.329. The minimum atomic E-state index is -3.46. The van der Waals surface area contributed by atoms with Gasteiger partial charge in [0.25, 0.3) is 0 Å². The van der Waals surface area contributed by atoms with E-state index in [-0.39, 0.29) is 6.04 Å². The number of hydrogen-bond acceptors (Lipinski definition) is 3. The van der Waals surface area contributed by atoms with Gasteiger partial charge in [-0.2, -0.15) is 4.31 Å². The van der Waals surface area contributed by atoms with E-state index in [1.54, 1.807) is 22.5 Å². The molecule has 0 saturated carbocycles. The van der Waals surface area contributed by atoms with Crippen LogP contribution in [0, 0.1) is 11.8 Å². The number of benzene rings is 1. The molecular weight excluding hydrogens is 376 g/mol. The fraction of sp³-hybridized carbons (Fsp3) is 0.571. The summed E-state index contributed by atoms with van der Waals surface area (Å²) in [7, 11) is -3.46. The molecule has 116 valence electrons. The summed E-state index contributed by atoms with van der Waals surface area (Å²) in [5, 5.41) is 3.89. The molecule has 21 heavy (non-hydrogen) atoms. The molecule has 0 aliphatic carbocycles. The summed E-state index contributed by atoms with van der Waals surface area (Å²) in [6, 6.07) is 4.89. The van der Waals surface area contributed by atoms with Gasteiger partial charge in [0.15, 0.2) is 0 Å². The van der Waals surface area contributed by atoms with Crippen LogP contribution in [0.3, 0.4) is 0 Å². The van der Waals surface area contributed by atoms with Crippen molar-refractivity contribution in [3.05, 3.63) is 27.7 Å². The number of sulfonamides is 1. The summed E-state index contributed by atoms with van der Waals surface area (Å²) in [6.07, 6.45) is 0.844. The molecule has 7 heteroatoms. The third-order valence-corrected chi connectivity index (χ3v) is 7.69. The summed E-state index contributed by atoms with van der Waals surface area (Å²) < 4.78 is 28.2. The van der Waals surface area contributed by atoms with Gasteiger partial charge in [0.1, 0.15) is 0 Å². The van der Waals surface area contributed by atoms with Crippen molar-refractivity contribution in [1.29, 1.82) is 0 Å². The lowest BCUT2D eigenvalue weighted by atomic mass is 9.93. The highest BCUT2D eigenvalue weighted by Crippen LogP contribution is 2.38. The third kappa shape index (κ3) is 2.65. The first-order valence-corrected chi connectivity index (χ1v) is 9.74. The highest BCUT2D eigenvalue weighted by molar-refractivity contribution is 9.10. The van der Waals surface area contributed by atoms with E-state index in [0.717, 1.165) is 19.5 Å². The Hall–Kier alpha value is -0.140. The van der Waals surface area contributed by atoms with Crippen LogP contribution < -0.4 is 5.32 Å². The molecule has 2 heterocycles. The standard InChI is InChI=1S/C14H18BrClN2O2S/c1-2-14-11-7-17-6-9(11)8-18(14)21(19,20)10-3-4-13(16)12(15)5-10/h3-5,9,11,14,17H,2,6-8H2,1H3. The molecule has 1 N–H and O–H groups in total. The van der Waals surface area contributed by atoms with E-state index in [2.05, 4.69) is 28.2 Å². The molecule has 1 aromatic rings. The van der Waals surface area contributed by atoms with E-state index in [4.69, 9.17) is 11.6 Å². The van der Waals surface area contributed by atoms with Crippen LogP contribution in [-0.2, 0) is 10.0 Å². The fourth-order valence-corrected chi connectivity index (χ4v) is 6.01. The van der Waals surface area contributed by atoms with Crippen molar-refractivity contribution >= 4 is 37.6 Å². The first-order valence-electron chi connectivity index (χ1n) is 7.12. The number of fused-ring (bicyclic) bond motifs is 1. The van der Waals surface area contributed by atoms with Crippen molar-refractivity contribution in [2.24, 2.45) is 11.8 Å². The normalized spacial score (nSPS) is 29.8. The Kier molecular flexibility index (Phi) is 4.36. The van der Waals surface area contributed by atoms with Crippen LogP contribution in [0.4, 0.5) is 0 Å². The van der Waals surface area contributed by atoms with E-state index in [1.165, 1.54) is 0 Å². The number of nitrogens with one attached hydrogen (secondary N) is 1. The van der Waals surface area contributed by atoms with Crippen LogP contribution in [-0.4, -0.2) is 38.4 Å². The van der Waals surface area contributed by atoms with Crippen molar-refractivity contribution in [2.45, 2.75) is 24.3 Å². The predicted molar refractivity (Wildman–Crippen MR) is 87.0 cm³/mol. The zero-order chi connectivity index (χ0) is 15.2. The molecular formula is C14H18BrClN2O2S. The third-order valence-electron chi connectivity index (χ3n) is 4.59. The highest BCUT2D eigenvalue weighted by Gasteiger charge is 2.48. The lowest BCUT2D eigenvalue weighted by Gasteiger charge is -2.26. The van der Waals surface area contributed by atoms with Crippen molar-refractivity contribution < 1.29 is 8.42 Å². The summed E-state index contributed by atoms with van der Waals surface area (Å²) in [5.41, 5.74) is 0. The monoisotopic (exact) mass is 392 g/mol. The van der Waals surface area contributed by atoms with E-state index < -0.39 is 10.0 Å². The topological polar surface area (TPSA) is 49.4 Å². The van der Waals surface area contributed by atoms with Crippen molar-refractivity contribution in [3.63, 3.8) is 0 Å². The maximum absolute atomic E-state index is 12.9. The second-order valence-corrected chi connectivity index (χ2v) is 8.86. The SMILES string of the molecule is CCC1C2CNCC2CN1S(=O)(=O)c1ccc(Cl)c(Br)c1. The van der Waals surface area contributed by atoms with E-state index in [0.29, 0.717) is 32.8 Å². The van der Waals surface area contributed by atoms with Gasteiger partial charge in [-0.1, -0.05) is 18.5 Å². The molecule has 2 fully saturated rings. The molecule has 2 aliphatic rings. The quantitative estimate of drug-likeness (QED) is 0.859. The number of nitrogens with zero attached hydrogens (tertiary/aromatic N) is 1. The Bertz CT molecular complexity index is 652. The van der Waals surface area contributed by atoms with Crippen LogP contribution in [0.2, 0.25) is 5.02 Å². The molecule has 2 saturated heterocycles. The Labute approximate surface area is 139 Å². The molecule has 4 nitrogen and oxygen atoms in total. The largest absolute Gasteiger partial charge is 0.316 e. The van der Waals surface area contributed by atoms with Crippen LogP contribution in [0.15, 0.2) is 27.6 Å². The first-order chi connectivity index (χ1) is 9.95. The zero-order valence-corrected chi connectivity index (χ0v) is 14.9. The average molecular weight is 394 g/mol. The smallest absolute Gasteiger partial charge is 0.243 e. The van der Waals surface area contributed by atoms with Gasteiger partial charge in [-0.25, -0.2) is 8.42 Å². The van der Waals surface area contributed by atoms with Crippen molar-refractivity contribution in [1.82, 2.24) is 9.62 Å². The van der Waals surface area contributed by atoms with Crippen molar-refractivity contribution in [2.75, 3.05) is 19.6 Å². The molecule has 3 atom stereocenters. The van der Waals surface area contributed by atoms with E-state index in [1.807, 2.05) is 0 Å². The molecule has 1 aromatic carbocycles. The molecule has 2 aliphatic heterocycles. The van der Waals surface area contributed by atoms with E-state index in [9.17, 15) is 8.42 Å². The minimum absolute atomic E-state index is 0.0875. The summed E-state index contributed by atoms with van der Waals surface area (Å²) in [5.74, 6) is 0.862. The van der Waals surface area contributed by atoms with Gasteiger partial charge < -0.3 is 5.32 Å². The number of hydrogen-bond donors (Lipinski definition) is 1. The zero-order valence-electron chi connectivity index (χ0n) is 11.7. The van der Waals surface area contributed by atoms with Crippen molar-refractivity contribution in [3.8, 4) is 0 Å². The lowest BCUT2D eigenvalue weighted by Crippen LogP contribution is -2.39. The molecule has 0 radical (unpaired) electrons. The van der Waals surface area contributed by atoms with Gasteiger partial charge in [-0.15, -0.1) is 0 Å². The number of halogens is 2. The summed E-state index contributed by atoms with van der Waals surface area (Å²) in [6.45, 7) is 4.50. The van der Waals surface area contributed by atoms with Gasteiger partial charge in [-0.05, 0) is 65.5 Å². The van der Waals surface area contributed by atoms with Gasteiger partial charge in [0.05, 0.1) is 9.92 Å². The van der Waals surface area contributed by atoms with Crippen LogP contribution in [0.5, 0.6) is 0 Å². The first kappa shape index (κ1) is 15.7. The number of rotatable bonds is 3. The van der Waals surface area contributed by atoms with Crippen LogP contribution >= 0.6 is 27.5 Å². The summed E-state index contributed by atoms with van der Waals surface area (Å²) in [4.78, 5) is 0.310. The maximum atomic E-state index is 12.9. The molecule has 0 aromatic heterocycles. The Morgan fingerprint density at radius 3 is 2.86 bits per heavy atom. The Morgan fingerprint density at radius 2 is 2.19 bits per heavy atom. The minimum Gasteiger partial charge on any atom is -0.316 e. The molecule has 3 rings (SSSR count). The molecule has 0 bridgehead atoms. The maximum Gasteiger partial charge on any atom is 0.243 e. The van der Waals surface area contributed by atoms with Gasteiger partial charge >= 0.3 is 0 Å². The van der Waals surface area contributed by atoms with Gasteiger partial charge in [-0.3, -0.25) is 0 Å². The molecule has 0 amide bonds. The fourth-order valence-electron chi connectivity index (χ4n) is 3.54. The summed E-state index contributed by atoms with van der Waals surface area (Å²) >= 11 is 9.26. The van der Waals surface area contributed by atoms with Gasteiger partial charge in [0, 0.05) is 17.1 Å². The van der Waals surface area contributed by atoms with Crippen LogP contribution in [0.1, 0.15) is 13.3 Å². The highest BCUT2D eigenvalue weighted by atomic mass is 79.9. The molecule has 0 spiro atoms. The second-order valence-electron chi connectivity index (χ2n) is 5.71. The predicted octanol–water partition coefficient (Wildman–Crippen LogP) is 2.72. The Balaban J connectivity index is 1.96. The average Bonchev–Trinajstić information content (AvgIpc) is 3.01. The molecule has 3 unspecified atom stereocenters. The van der Waals surface area contributed by atoms with Gasteiger partial charge in [0.2, 0.25) is 10.0 Å². The van der Waals surface area contributed by atoms with Crippen LogP contribution in [0.25, 0.3) is 0 Å². The Morgan fingerprint density at radius 1 is 1.43 bits per heavy atom. The second kappa shape index (κ2) is 5.81. The van der Waals surface area contributed by atoms with E-state index >= 15 is 0 Å².